The van der Waals surface area contributed by atoms with E-state index in [1.54, 1.807) is 12.5 Å². The van der Waals surface area contributed by atoms with Gasteiger partial charge in [0.1, 0.15) is 12.1 Å². The Morgan fingerprint density at radius 1 is 1.18 bits per heavy atom. The number of fused-ring (bicyclic) bond motifs is 1. The summed E-state index contributed by atoms with van der Waals surface area (Å²) in [5.41, 5.74) is 2.62. The SMILES string of the molecule is CCOCC1CCN(C(=O)Nc2ccc(-n3cnc4ccccc43)nc2)CC1. The smallest absolute Gasteiger partial charge is 0.321 e. The Bertz CT molecular complexity index is 929. The summed E-state index contributed by atoms with van der Waals surface area (Å²) in [5.74, 6) is 1.32. The maximum atomic E-state index is 12.5. The molecule has 0 bridgehead atoms. The van der Waals surface area contributed by atoms with Crippen LogP contribution in [0.25, 0.3) is 16.9 Å². The predicted octanol–water partition coefficient (Wildman–Crippen LogP) is 3.70. The van der Waals surface area contributed by atoms with Gasteiger partial charge in [-0.1, -0.05) is 12.1 Å². The van der Waals surface area contributed by atoms with E-state index in [1.807, 2.05) is 52.8 Å². The molecule has 0 radical (unpaired) electrons. The lowest BCUT2D eigenvalue weighted by atomic mass is 9.98. The van der Waals surface area contributed by atoms with Gasteiger partial charge in [0.25, 0.3) is 0 Å². The van der Waals surface area contributed by atoms with E-state index in [2.05, 4.69) is 15.3 Å². The van der Waals surface area contributed by atoms with E-state index in [4.69, 9.17) is 4.74 Å². The van der Waals surface area contributed by atoms with Crippen molar-refractivity contribution in [1.29, 1.82) is 0 Å². The summed E-state index contributed by atoms with van der Waals surface area (Å²) in [5, 5.41) is 2.95. The Labute approximate surface area is 164 Å². The number of aromatic nitrogens is 3. The van der Waals surface area contributed by atoms with Crippen LogP contribution in [-0.2, 0) is 4.74 Å². The minimum Gasteiger partial charge on any atom is -0.381 e. The Morgan fingerprint density at radius 2 is 2.00 bits per heavy atom. The second-order valence-corrected chi connectivity index (χ2v) is 7.03. The van der Waals surface area contributed by atoms with Crippen molar-refractivity contribution >= 4 is 22.8 Å². The number of carbonyl (C=O) groups excluding carboxylic acids is 1. The largest absolute Gasteiger partial charge is 0.381 e. The zero-order valence-corrected chi connectivity index (χ0v) is 16.0. The molecule has 0 atom stereocenters. The van der Waals surface area contributed by atoms with Crippen molar-refractivity contribution in [3.05, 3.63) is 48.9 Å². The molecule has 0 saturated carbocycles. The number of hydrogen-bond donors (Lipinski definition) is 1. The maximum absolute atomic E-state index is 12.5. The molecule has 1 N–H and O–H groups in total. The number of para-hydroxylation sites is 2. The van der Waals surface area contributed by atoms with Gasteiger partial charge in [0.15, 0.2) is 0 Å². The van der Waals surface area contributed by atoms with E-state index in [9.17, 15) is 4.79 Å². The number of amides is 2. The molecule has 2 amide bonds. The topological polar surface area (TPSA) is 72.3 Å². The molecule has 1 aliphatic rings. The first-order valence-corrected chi connectivity index (χ1v) is 9.77. The average molecular weight is 379 g/mol. The summed E-state index contributed by atoms with van der Waals surface area (Å²) < 4.78 is 7.43. The van der Waals surface area contributed by atoms with Gasteiger partial charge in [-0.25, -0.2) is 14.8 Å². The van der Waals surface area contributed by atoms with Crippen LogP contribution >= 0.6 is 0 Å². The van der Waals surface area contributed by atoms with Gasteiger partial charge in [-0.15, -0.1) is 0 Å². The highest BCUT2D eigenvalue weighted by Gasteiger charge is 2.22. The molecule has 4 rings (SSSR count). The lowest BCUT2D eigenvalue weighted by molar-refractivity contribution is 0.0819. The Morgan fingerprint density at radius 3 is 2.75 bits per heavy atom. The summed E-state index contributed by atoms with van der Waals surface area (Å²) in [7, 11) is 0. The third kappa shape index (κ3) is 3.99. The zero-order chi connectivity index (χ0) is 19.3. The van der Waals surface area contributed by atoms with Crippen LogP contribution in [0.1, 0.15) is 19.8 Å². The monoisotopic (exact) mass is 379 g/mol. The van der Waals surface area contributed by atoms with Gasteiger partial charge in [-0.3, -0.25) is 4.57 Å². The standard InChI is InChI=1S/C21H25N5O2/c1-2-28-14-16-9-11-25(12-10-16)21(27)24-17-7-8-20(22-13-17)26-15-23-18-5-3-4-6-19(18)26/h3-8,13,15-16H,2,9-12,14H2,1H3,(H,24,27). The van der Waals surface area contributed by atoms with Crippen LogP contribution < -0.4 is 5.32 Å². The summed E-state index contributed by atoms with van der Waals surface area (Å²) in [6, 6.07) is 11.6. The van der Waals surface area contributed by atoms with Crippen LogP contribution in [0, 0.1) is 5.92 Å². The van der Waals surface area contributed by atoms with Gasteiger partial charge < -0.3 is 15.0 Å². The lowest BCUT2D eigenvalue weighted by Gasteiger charge is -2.31. The normalized spacial score (nSPS) is 15.1. The summed E-state index contributed by atoms with van der Waals surface area (Å²) in [6.45, 7) is 5.07. The van der Waals surface area contributed by atoms with E-state index >= 15 is 0 Å². The second-order valence-electron chi connectivity index (χ2n) is 7.03. The fourth-order valence-corrected chi connectivity index (χ4v) is 3.53. The number of anilines is 1. The summed E-state index contributed by atoms with van der Waals surface area (Å²) in [6.07, 6.45) is 5.41. The molecule has 0 unspecified atom stereocenters. The molecule has 3 heterocycles. The van der Waals surface area contributed by atoms with Crippen LogP contribution in [0.15, 0.2) is 48.9 Å². The van der Waals surface area contributed by atoms with Crippen molar-refractivity contribution in [3.8, 4) is 5.82 Å². The van der Waals surface area contributed by atoms with E-state index in [0.29, 0.717) is 11.6 Å². The van der Waals surface area contributed by atoms with Gasteiger partial charge >= 0.3 is 6.03 Å². The molecule has 146 valence electrons. The van der Waals surface area contributed by atoms with Gasteiger partial charge in [0, 0.05) is 26.3 Å². The van der Waals surface area contributed by atoms with Crippen molar-refractivity contribution in [3.63, 3.8) is 0 Å². The molecule has 3 aromatic rings. The number of pyridine rings is 1. The number of benzene rings is 1. The van der Waals surface area contributed by atoms with Crippen molar-refractivity contribution < 1.29 is 9.53 Å². The fraction of sp³-hybridized carbons (Fsp3) is 0.381. The highest BCUT2D eigenvalue weighted by atomic mass is 16.5. The molecule has 7 heteroatoms. The number of imidazole rings is 1. The molecule has 2 aromatic heterocycles. The number of rotatable bonds is 5. The predicted molar refractivity (Wildman–Crippen MR) is 109 cm³/mol. The Balaban J connectivity index is 1.36. The summed E-state index contributed by atoms with van der Waals surface area (Å²) >= 11 is 0. The molecular weight excluding hydrogens is 354 g/mol. The van der Waals surface area contributed by atoms with Gasteiger partial charge in [0.05, 0.1) is 22.9 Å². The summed E-state index contributed by atoms with van der Waals surface area (Å²) in [4.78, 5) is 23.3. The molecule has 0 spiro atoms. The number of hydrogen-bond acceptors (Lipinski definition) is 4. The van der Waals surface area contributed by atoms with Crippen molar-refractivity contribution in [2.24, 2.45) is 5.92 Å². The second kappa shape index (κ2) is 8.39. The molecule has 1 saturated heterocycles. The van der Waals surface area contributed by atoms with Crippen LogP contribution in [0.2, 0.25) is 0 Å². The lowest BCUT2D eigenvalue weighted by Crippen LogP contribution is -2.41. The van der Waals surface area contributed by atoms with Gasteiger partial charge in [-0.05, 0) is 49.9 Å². The quantitative estimate of drug-likeness (QED) is 0.734. The molecule has 7 nitrogen and oxygen atoms in total. The third-order valence-corrected chi connectivity index (χ3v) is 5.16. The van der Waals surface area contributed by atoms with Gasteiger partial charge in [-0.2, -0.15) is 0 Å². The zero-order valence-electron chi connectivity index (χ0n) is 16.0. The molecule has 1 aliphatic heterocycles. The number of likely N-dealkylation sites (tertiary alicyclic amines) is 1. The third-order valence-electron chi connectivity index (χ3n) is 5.16. The molecule has 28 heavy (non-hydrogen) atoms. The highest BCUT2D eigenvalue weighted by Crippen LogP contribution is 2.20. The number of piperidine rings is 1. The first kappa shape index (κ1) is 18.4. The molecule has 0 aliphatic carbocycles. The Hall–Kier alpha value is -2.93. The number of nitrogens with one attached hydrogen (secondary N) is 1. The van der Waals surface area contributed by atoms with Crippen molar-refractivity contribution in [2.45, 2.75) is 19.8 Å². The number of nitrogens with zero attached hydrogens (tertiary/aromatic N) is 4. The number of ether oxygens (including phenoxy) is 1. The molecule has 1 fully saturated rings. The van der Waals surface area contributed by atoms with E-state index in [-0.39, 0.29) is 6.03 Å². The number of carbonyl (C=O) groups is 1. The van der Waals surface area contributed by atoms with Gasteiger partial charge in [0.2, 0.25) is 0 Å². The minimum atomic E-state index is -0.0718. The van der Waals surface area contributed by atoms with Crippen LogP contribution in [0.4, 0.5) is 10.5 Å². The molecular formula is C21H25N5O2. The highest BCUT2D eigenvalue weighted by molar-refractivity contribution is 5.89. The first-order chi connectivity index (χ1) is 13.7. The minimum absolute atomic E-state index is 0.0718. The van der Waals surface area contributed by atoms with E-state index in [1.165, 1.54) is 0 Å². The maximum Gasteiger partial charge on any atom is 0.321 e. The molecule has 1 aromatic carbocycles. The Kier molecular flexibility index (Phi) is 5.53. The number of urea groups is 1. The van der Waals surface area contributed by atoms with Crippen LogP contribution in [0.5, 0.6) is 0 Å². The van der Waals surface area contributed by atoms with E-state index in [0.717, 1.165) is 56.0 Å². The first-order valence-electron chi connectivity index (χ1n) is 9.77. The average Bonchev–Trinajstić information content (AvgIpc) is 3.17. The van der Waals surface area contributed by atoms with E-state index < -0.39 is 0 Å². The van der Waals surface area contributed by atoms with Crippen molar-refractivity contribution in [1.82, 2.24) is 19.4 Å². The van der Waals surface area contributed by atoms with Crippen LogP contribution in [0.3, 0.4) is 0 Å². The van der Waals surface area contributed by atoms with Crippen molar-refractivity contribution in [2.75, 3.05) is 31.6 Å². The van der Waals surface area contributed by atoms with Crippen LogP contribution in [-0.4, -0.2) is 51.8 Å². The fourth-order valence-electron chi connectivity index (χ4n) is 3.53.